The summed E-state index contributed by atoms with van der Waals surface area (Å²) in [5, 5.41) is 0. The van der Waals surface area contributed by atoms with Gasteiger partial charge in [0.25, 0.3) is 10.1 Å². The molecule has 0 aliphatic heterocycles. The molecule has 3 N–H and O–H groups in total. The summed E-state index contributed by atoms with van der Waals surface area (Å²) in [5.41, 5.74) is 7.91. The van der Waals surface area contributed by atoms with Gasteiger partial charge in [0.2, 0.25) is 0 Å². The average molecular weight is 337 g/mol. The van der Waals surface area contributed by atoms with E-state index >= 15 is 0 Å². The van der Waals surface area contributed by atoms with E-state index in [2.05, 4.69) is 18.7 Å². The van der Waals surface area contributed by atoms with Gasteiger partial charge in [0.15, 0.2) is 0 Å². The maximum atomic E-state index is 10.5. The van der Waals surface area contributed by atoms with Crippen molar-refractivity contribution in [3.05, 3.63) is 54.1 Å². The molecule has 2 rings (SSSR count). The lowest BCUT2D eigenvalue weighted by Crippen LogP contribution is -2.25. The molecule has 128 valence electrons. The molecule has 1 fully saturated rings. The van der Waals surface area contributed by atoms with Gasteiger partial charge in [0.05, 0.1) is 4.90 Å². The van der Waals surface area contributed by atoms with Crippen LogP contribution in [0.1, 0.15) is 38.2 Å². The van der Waals surface area contributed by atoms with E-state index in [1.165, 1.54) is 37.8 Å². The molecule has 0 heterocycles. The Morgan fingerprint density at radius 2 is 1.74 bits per heavy atom. The van der Waals surface area contributed by atoms with Gasteiger partial charge in [0.1, 0.15) is 0 Å². The van der Waals surface area contributed by atoms with E-state index < -0.39 is 10.1 Å². The van der Waals surface area contributed by atoms with E-state index in [4.69, 9.17) is 10.3 Å². The molecule has 1 aliphatic carbocycles. The molecule has 0 bridgehead atoms. The number of allylic oxidation sites excluding steroid dienone is 3. The van der Waals surface area contributed by atoms with Crippen LogP contribution in [-0.4, -0.2) is 19.0 Å². The Hall–Kier alpha value is -1.43. The maximum absolute atomic E-state index is 10.5. The van der Waals surface area contributed by atoms with Gasteiger partial charge in [-0.3, -0.25) is 4.55 Å². The molecule has 0 saturated heterocycles. The summed E-state index contributed by atoms with van der Waals surface area (Å²) in [6.07, 6.45) is 9.29. The van der Waals surface area contributed by atoms with E-state index in [9.17, 15) is 8.42 Å². The molecule has 0 radical (unpaired) electrons. The highest BCUT2D eigenvalue weighted by molar-refractivity contribution is 7.85. The standard InChI is InChI=1S/C11H19N.C7H8O3S/c1-9(2)3-4-10-5-7-11(12)8-6-10;1-6-2-4-7(5-3-6)11(8,9)10/h3-4,10-11H,1,5-8,12H2,2H3;2-5H,1H3,(H,8,9,10)/t10-,11-;. The third-order valence-electron chi connectivity index (χ3n) is 3.79. The van der Waals surface area contributed by atoms with Crippen LogP contribution in [0.3, 0.4) is 0 Å². The van der Waals surface area contributed by atoms with Crippen LogP contribution in [0.25, 0.3) is 0 Å². The first-order valence-electron chi connectivity index (χ1n) is 7.82. The molecule has 1 aromatic carbocycles. The number of aryl methyl sites for hydroxylation is 1. The minimum atomic E-state index is -4.02. The second-order valence-electron chi connectivity index (χ2n) is 6.17. The topological polar surface area (TPSA) is 80.4 Å². The van der Waals surface area contributed by atoms with Gasteiger partial charge in [-0.1, -0.05) is 42.0 Å². The zero-order valence-electron chi connectivity index (χ0n) is 13.9. The Bertz CT molecular complexity index is 625. The summed E-state index contributed by atoms with van der Waals surface area (Å²) >= 11 is 0. The van der Waals surface area contributed by atoms with Crippen LogP contribution >= 0.6 is 0 Å². The molecule has 0 atom stereocenters. The predicted octanol–water partition coefficient (Wildman–Crippen LogP) is 3.88. The van der Waals surface area contributed by atoms with E-state index in [1.54, 1.807) is 12.1 Å². The van der Waals surface area contributed by atoms with Crippen LogP contribution in [0.4, 0.5) is 0 Å². The first-order valence-corrected chi connectivity index (χ1v) is 9.26. The van der Waals surface area contributed by atoms with Crippen molar-refractivity contribution < 1.29 is 13.0 Å². The summed E-state index contributed by atoms with van der Waals surface area (Å²) in [4.78, 5) is -0.0666. The molecule has 0 amide bonds. The van der Waals surface area contributed by atoms with Gasteiger partial charge in [-0.2, -0.15) is 8.42 Å². The second-order valence-corrected chi connectivity index (χ2v) is 7.59. The molecule has 23 heavy (non-hydrogen) atoms. The second kappa shape index (κ2) is 9.01. The Morgan fingerprint density at radius 3 is 2.17 bits per heavy atom. The lowest BCUT2D eigenvalue weighted by atomic mass is 9.86. The fourth-order valence-corrected chi connectivity index (χ4v) is 2.83. The lowest BCUT2D eigenvalue weighted by Gasteiger charge is -2.23. The average Bonchev–Trinajstić information content (AvgIpc) is 2.47. The van der Waals surface area contributed by atoms with E-state index in [-0.39, 0.29) is 4.90 Å². The van der Waals surface area contributed by atoms with Gasteiger partial charge in [-0.05, 0) is 57.6 Å². The highest BCUT2D eigenvalue weighted by Gasteiger charge is 2.15. The number of rotatable bonds is 3. The number of benzene rings is 1. The highest BCUT2D eigenvalue weighted by atomic mass is 32.2. The van der Waals surface area contributed by atoms with Crippen molar-refractivity contribution in [1.82, 2.24) is 0 Å². The first kappa shape index (κ1) is 19.6. The lowest BCUT2D eigenvalue weighted by molar-refractivity contribution is 0.375. The van der Waals surface area contributed by atoms with Gasteiger partial charge < -0.3 is 5.73 Å². The molecule has 1 aliphatic rings. The Labute approximate surface area is 139 Å². The Morgan fingerprint density at radius 1 is 1.22 bits per heavy atom. The van der Waals surface area contributed by atoms with Crippen molar-refractivity contribution in [2.45, 2.75) is 50.5 Å². The van der Waals surface area contributed by atoms with Crippen molar-refractivity contribution in [3.8, 4) is 0 Å². The van der Waals surface area contributed by atoms with Crippen molar-refractivity contribution in [2.24, 2.45) is 11.7 Å². The van der Waals surface area contributed by atoms with Crippen molar-refractivity contribution in [1.29, 1.82) is 0 Å². The predicted molar refractivity (Wildman–Crippen MR) is 94.9 cm³/mol. The Balaban J connectivity index is 0.000000231. The zero-order chi connectivity index (χ0) is 17.5. The van der Waals surface area contributed by atoms with E-state index in [0.29, 0.717) is 6.04 Å². The minimum absolute atomic E-state index is 0.0666. The molecule has 0 aromatic heterocycles. The first-order chi connectivity index (χ1) is 10.7. The third-order valence-corrected chi connectivity index (χ3v) is 4.66. The molecular weight excluding hydrogens is 310 g/mol. The van der Waals surface area contributed by atoms with E-state index in [0.717, 1.165) is 17.1 Å². The summed E-state index contributed by atoms with van der Waals surface area (Å²) in [7, 11) is -4.02. The third kappa shape index (κ3) is 8.11. The summed E-state index contributed by atoms with van der Waals surface area (Å²) < 4.78 is 29.6. The van der Waals surface area contributed by atoms with Crippen LogP contribution in [-0.2, 0) is 10.1 Å². The van der Waals surface area contributed by atoms with Gasteiger partial charge in [-0.15, -0.1) is 0 Å². The number of hydrogen-bond acceptors (Lipinski definition) is 3. The van der Waals surface area contributed by atoms with Gasteiger partial charge in [-0.25, -0.2) is 0 Å². The smallest absolute Gasteiger partial charge is 0.294 e. The SMILES string of the molecule is C=C(C)C=C[C@H]1CC[C@H](N)CC1.Cc1ccc(S(=O)(=O)O)cc1. The molecule has 4 nitrogen and oxygen atoms in total. The fraction of sp³-hybridized carbons (Fsp3) is 0.444. The molecule has 1 saturated carbocycles. The van der Waals surface area contributed by atoms with Crippen molar-refractivity contribution in [2.75, 3.05) is 0 Å². The van der Waals surface area contributed by atoms with Crippen molar-refractivity contribution >= 4 is 10.1 Å². The van der Waals surface area contributed by atoms with Crippen LogP contribution in [0, 0.1) is 12.8 Å². The van der Waals surface area contributed by atoms with Gasteiger partial charge >= 0.3 is 0 Å². The van der Waals surface area contributed by atoms with Crippen molar-refractivity contribution in [3.63, 3.8) is 0 Å². The van der Waals surface area contributed by atoms with Crippen LogP contribution in [0.2, 0.25) is 0 Å². The van der Waals surface area contributed by atoms with Crippen LogP contribution < -0.4 is 5.73 Å². The van der Waals surface area contributed by atoms with Crippen LogP contribution in [0.5, 0.6) is 0 Å². The molecule has 0 unspecified atom stereocenters. The summed E-state index contributed by atoms with van der Waals surface area (Å²) in [6, 6.07) is 6.45. The molecule has 0 spiro atoms. The van der Waals surface area contributed by atoms with Crippen LogP contribution in [0.15, 0.2) is 53.5 Å². The minimum Gasteiger partial charge on any atom is -0.328 e. The molecular formula is C18H27NO3S. The molecule has 5 heteroatoms. The fourth-order valence-electron chi connectivity index (χ4n) is 2.35. The maximum Gasteiger partial charge on any atom is 0.294 e. The summed E-state index contributed by atoms with van der Waals surface area (Å²) in [5.74, 6) is 0.751. The Kier molecular flexibility index (Phi) is 7.68. The zero-order valence-corrected chi connectivity index (χ0v) is 14.7. The molecule has 1 aromatic rings. The number of nitrogens with two attached hydrogens (primary N) is 1. The monoisotopic (exact) mass is 337 g/mol. The highest BCUT2D eigenvalue weighted by Crippen LogP contribution is 2.24. The van der Waals surface area contributed by atoms with E-state index in [1.807, 2.05) is 13.8 Å². The quantitative estimate of drug-likeness (QED) is 0.648. The van der Waals surface area contributed by atoms with Gasteiger partial charge in [0, 0.05) is 6.04 Å². The summed E-state index contributed by atoms with van der Waals surface area (Å²) in [6.45, 7) is 7.72. The number of hydrogen-bond donors (Lipinski definition) is 2. The largest absolute Gasteiger partial charge is 0.328 e. The normalized spacial score (nSPS) is 21.6.